The largest absolute Gasteiger partial charge is 0.493 e. The number of carbonyl (C=O) groups is 1. The van der Waals surface area contributed by atoms with Crippen molar-refractivity contribution in [2.45, 2.75) is 19.6 Å². The molecule has 0 saturated heterocycles. The van der Waals surface area contributed by atoms with E-state index in [1.807, 2.05) is 36.5 Å². The van der Waals surface area contributed by atoms with Gasteiger partial charge < -0.3 is 14.8 Å². The van der Waals surface area contributed by atoms with E-state index in [1.54, 1.807) is 54.6 Å². The molecule has 0 radical (unpaired) electrons. The summed E-state index contributed by atoms with van der Waals surface area (Å²) in [6, 6.07) is 16.2. The fraction of sp³-hybridized carbons (Fsp3) is 0.172. The van der Waals surface area contributed by atoms with E-state index in [0.29, 0.717) is 34.3 Å². The fourth-order valence-electron chi connectivity index (χ4n) is 4.02. The van der Waals surface area contributed by atoms with Crippen LogP contribution in [0.25, 0.3) is 10.9 Å². The van der Waals surface area contributed by atoms with Crippen LogP contribution < -0.4 is 20.2 Å². The lowest BCUT2D eigenvalue weighted by Crippen LogP contribution is -2.17. The van der Waals surface area contributed by atoms with E-state index in [4.69, 9.17) is 21.1 Å². The average molecular weight is 571 g/mol. The number of amides is 1. The Labute approximate surface area is 241 Å². The van der Waals surface area contributed by atoms with E-state index < -0.39 is 0 Å². The topological polar surface area (TPSA) is 128 Å². The van der Waals surface area contributed by atoms with Crippen molar-refractivity contribution in [1.82, 2.24) is 30.4 Å². The van der Waals surface area contributed by atoms with Gasteiger partial charge in [-0.3, -0.25) is 19.4 Å². The Hall–Kier alpha value is -5.03. The summed E-state index contributed by atoms with van der Waals surface area (Å²) < 4.78 is 13.2. The van der Waals surface area contributed by atoms with Crippen molar-refractivity contribution in [3.63, 3.8) is 0 Å². The van der Waals surface area contributed by atoms with Gasteiger partial charge >= 0.3 is 0 Å². The second kappa shape index (κ2) is 13.4. The molecule has 41 heavy (non-hydrogen) atoms. The number of aromatic nitrogens is 5. The van der Waals surface area contributed by atoms with Gasteiger partial charge in [-0.15, -0.1) is 5.10 Å². The van der Waals surface area contributed by atoms with E-state index >= 15 is 0 Å². The standard InChI is InChI=1S/C29H27ClN8O3/c1-40-28-15-20(17-34-36-29(39)21-7-11-31-12-8-21)3-6-27(28)41-19-23-18-38(37-35-23)14-2-10-32-25-9-13-33-26-16-22(30)4-5-24(25)26/h3-9,11-13,15-18H,2,10,14,19H2,1H3,(H,32,33)(H,36,39)/b34-17+. The SMILES string of the molecule is COc1cc(/C=N/NC(=O)c2ccncc2)ccc1OCc1cn(CCCNc2ccnc3cc(Cl)ccc23)nn1. The molecule has 1 amide bonds. The van der Waals surface area contributed by atoms with Crippen LogP contribution in [0, 0.1) is 0 Å². The summed E-state index contributed by atoms with van der Waals surface area (Å²) in [7, 11) is 1.56. The number of methoxy groups -OCH3 is 1. The molecule has 3 aromatic heterocycles. The molecule has 0 saturated carbocycles. The first-order valence-corrected chi connectivity index (χ1v) is 13.2. The number of hydrazone groups is 1. The molecule has 2 N–H and O–H groups in total. The molecule has 0 atom stereocenters. The van der Waals surface area contributed by atoms with Crippen LogP contribution in [0.15, 0.2) is 84.5 Å². The normalized spacial score (nSPS) is 11.1. The van der Waals surface area contributed by atoms with Crippen molar-refractivity contribution < 1.29 is 14.3 Å². The van der Waals surface area contributed by atoms with Crippen LogP contribution in [-0.2, 0) is 13.2 Å². The zero-order valence-electron chi connectivity index (χ0n) is 22.2. The number of hydrogen-bond donors (Lipinski definition) is 2. The van der Waals surface area contributed by atoms with Gasteiger partial charge in [-0.05, 0) is 66.6 Å². The molecule has 5 aromatic rings. The van der Waals surface area contributed by atoms with E-state index in [-0.39, 0.29) is 12.5 Å². The summed E-state index contributed by atoms with van der Waals surface area (Å²) in [6.07, 6.45) is 9.10. The summed E-state index contributed by atoms with van der Waals surface area (Å²) >= 11 is 6.08. The zero-order valence-corrected chi connectivity index (χ0v) is 23.0. The lowest BCUT2D eigenvalue weighted by atomic mass is 10.2. The number of carbonyl (C=O) groups excluding carboxylic acids is 1. The third-order valence-corrected chi connectivity index (χ3v) is 6.29. The van der Waals surface area contributed by atoms with Gasteiger partial charge in [0.2, 0.25) is 0 Å². The maximum Gasteiger partial charge on any atom is 0.271 e. The third kappa shape index (κ3) is 7.34. The van der Waals surface area contributed by atoms with Gasteiger partial charge in [0.25, 0.3) is 5.91 Å². The van der Waals surface area contributed by atoms with Gasteiger partial charge in [-0.2, -0.15) is 5.10 Å². The van der Waals surface area contributed by atoms with Gasteiger partial charge in [-0.25, -0.2) is 5.43 Å². The fourth-order valence-corrected chi connectivity index (χ4v) is 4.19. The Morgan fingerprint density at radius 1 is 1.07 bits per heavy atom. The Bertz CT molecular complexity index is 1660. The van der Waals surface area contributed by atoms with Crippen LogP contribution in [-0.4, -0.2) is 50.7 Å². The second-order valence-electron chi connectivity index (χ2n) is 8.91. The molecule has 208 valence electrons. The highest BCUT2D eigenvalue weighted by Crippen LogP contribution is 2.28. The first-order chi connectivity index (χ1) is 20.1. The highest BCUT2D eigenvalue weighted by molar-refractivity contribution is 6.31. The lowest BCUT2D eigenvalue weighted by Gasteiger charge is -2.10. The van der Waals surface area contributed by atoms with Crippen LogP contribution in [0.4, 0.5) is 5.69 Å². The van der Waals surface area contributed by atoms with E-state index in [0.717, 1.165) is 35.1 Å². The molecule has 0 aliphatic heterocycles. The van der Waals surface area contributed by atoms with Crippen molar-refractivity contribution in [2.75, 3.05) is 19.0 Å². The summed E-state index contributed by atoms with van der Waals surface area (Å²) in [5, 5.41) is 17.6. The van der Waals surface area contributed by atoms with E-state index in [9.17, 15) is 4.79 Å². The minimum absolute atomic E-state index is 0.232. The number of rotatable bonds is 12. The summed E-state index contributed by atoms with van der Waals surface area (Å²) in [4.78, 5) is 20.4. The Balaban J connectivity index is 1.09. The summed E-state index contributed by atoms with van der Waals surface area (Å²) in [5.41, 5.74) is 6.25. The highest BCUT2D eigenvalue weighted by Gasteiger charge is 2.09. The third-order valence-electron chi connectivity index (χ3n) is 6.06. The molecule has 0 unspecified atom stereocenters. The average Bonchev–Trinajstić information content (AvgIpc) is 3.46. The van der Waals surface area contributed by atoms with Crippen molar-refractivity contribution in [3.8, 4) is 11.5 Å². The first-order valence-electron chi connectivity index (χ1n) is 12.8. The molecule has 12 heteroatoms. The van der Waals surface area contributed by atoms with Gasteiger partial charge in [0.05, 0.1) is 25.0 Å². The van der Waals surface area contributed by atoms with E-state index in [2.05, 4.69) is 36.1 Å². The smallest absolute Gasteiger partial charge is 0.271 e. The predicted molar refractivity (Wildman–Crippen MR) is 157 cm³/mol. The number of aryl methyl sites for hydroxylation is 1. The molecule has 0 aliphatic rings. The number of nitrogens with zero attached hydrogens (tertiary/aromatic N) is 6. The van der Waals surface area contributed by atoms with Gasteiger partial charge in [0, 0.05) is 53.3 Å². The Morgan fingerprint density at radius 2 is 1.95 bits per heavy atom. The van der Waals surface area contributed by atoms with Crippen LogP contribution in [0.2, 0.25) is 5.02 Å². The predicted octanol–water partition coefficient (Wildman–Crippen LogP) is 4.73. The van der Waals surface area contributed by atoms with Crippen molar-refractivity contribution >= 4 is 40.3 Å². The number of pyridine rings is 2. The van der Waals surface area contributed by atoms with Crippen LogP contribution in [0.3, 0.4) is 0 Å². The number of benzene rings is 2. The zero-order chi connectivity index (χ0) is 28.4. The highest BCUT2D eigenvalue weighted by atomic mass is 35.5. The molecule has 0 fully saturated rings. The lowest BCUT2D eigenvalue weighted by molar-refractivity contribution is 0.0955. The minimum atomic E-state index is -0.326. The number of fused-ring (bicyclic) bond motifs is 1. The maximum atomic E-state index is 12.1. The minimum Gasteiger partial charge on any atom is -0.493 e. The van der Waals surface area contributed by atoms with Crippen molar-refractivity contribution in [2.24, 2.45) is 5.10 Å². The quantitative estimate of drug-likeness (QED) is 0.125. The van der Waals surface area contributed by atoms with Gasteiger partial charge in [-0.1, -0.05) is 16.8 Å². The monoisotopic (exact) mass is 570 g/mol. The number of anilines is 1. The molecule has 11 nitrogen and oxygen atoms in total. The Kier molecular flexibility index (Phi) is 8.97. The van der Waals surface area contributed by atoms with Crippen LogP contribution in [0.1, 0.15) is 28.0 Å². The number of ether oxygens (including phenoxy) is 2. The van der Waals surface area contributed by atoms with Crippen molar-refractivity contribution in [1.29, 1.82) is 0 Å². The number of hydrogen-bond acceptors (Lipinski definition) is 9. The molecular weight excluding hydrogens is 544 g/mol. The van der Waals surface area contributed by atoms with Crippen LogP contribution >= 0.6 is 11.6 Å². The molecule has 2 aromatic carbocycles. The maximum absolute atomic E-state index is 12.1. The van der Waals surface area contributed by atoms with Crippen molar-refractivity contribution in [3.05, 3.63) is 101 Å². The Morgan fingerprint density at radius 3 is 2.80 bits per heavy atom. The number of halogens is 1. The summed E-state index contributed by atoms with van der Waals surface area (Å²) in [5.74, 6) is 0.752. The van der Waals surface area contributed by atoms with Crippen LogP contribution in [0.5, 0.6) is 11.5 Å². The van der Waals surface area contributed by atoms with Gasteiger partial charge in [0.15, 0.2) is 11.5 Å². The molecule has 5 rings (SSSR count). The second-order valence-corrected chi connectivity index (χ2v) is 9.34. The first kappa shape index (κ1) is 27.5. The molecule has 0 aliphatic carbocycles. The molecule has 3 heterocycles. The summed E-state index contributed by atoms with van der Waals surface area (Å²) in [6.45, 7) is 1.69. The molecule has 0 spiro atoms. The number of nitrogens with one attached hydrogen (secondary N) is 2. The van der Waals surface area contributed by atoms with E-state index in [1.165, 1.54) is 6.21 Å². The molecule has 0 bridgehead atoms. The van der Waals surface area contributed by atoms with Gasteiger partial charge in [0.1, 0.15) is 12.3 Å². The molecular formula is C29H27ClN8O3.